The highest BCUT2D eigenvalue weighted by Gasteiger charge is 2.35. The number of fused-ring (bicyclic) bond motifs is 3. The van der Waals surface area contributed by atoms with Crippen molar-refractivity contribution in [2.75, 3.05) is 7.11 Å². The molecule has 7 heteroatoms. The summed E-state index contributed by atoms with van der Waals surface area (Å²) in [7, 11) is 1.56. The van der Waals surface area contributed by atoms with Gasteiger partial charge in [-0.15, -0.1) is 0 Å². The first kappa shape index (κ1) is 17.6. The molecule has 0 unspecified atom stereocenters. The summed E-state index contributed by atoms with van der Waals surface area (Å²) in [5, 5.41) is 10.5. The molecule has 2 aromatic carbocycles. The summed E-state index contributed by atoms with van der Waals surface area (Å²) in [4.78, 5) is 13.0. The Morgan fingerprint density at radius 1 is 1.30 bits per heavy atom. The standard InChI is InChI=1S/C20H13BrN2O3S/c1-25-10-6-7-14(21)12(8-10)16-13(9-22)19(23)26-18-11-4-2-3-5-15(11)27-20(24)17(16)18/h2-8,16H,23H2,1H3/t16-/m1/s1. The van der Waals surface area contributed by atoms with Gasteiger partial charge in [0, 0.05) is 14.6 Å². The Bertz CT molecular complexity index is 1210. The molecule has 1 aliphatic heterocycles. The molecule has 0 aliphatic carbocycles. The highest BCUT2D eigenvalue weighted by atomic mass is 79.9. The van der Waals surface area contributed by atoms with Gasteiger partial charge in [-0.1, -0.05) is 39.4 Å². The number of hydrogen-bond donors (Lipinski definition) is 1. The largest absolute Gasteiger partial charge is 0.497 e. The molecule has 0 saturated carbocycles. The molecule has 5 nitrogen and oxygen atoms in total. The molecule has 134 valence electrons. The summed E-state index contributed by atoms with van der Waals surface area (Å²) in [5.41, 5.74) is 7.42. The molecule has 3 aromatic rings. The lowest BCUT2D eigenvalue weighted by Gasteiger charge is -2.27. The van der Waals surface area contributed by atoms with Gasteiger partial charge in [0.1, 0.15) is 23.1 Å². The van der Waals surface area contributed by atoms with E-state index in [2.05, 4.69) is 22.0 Å². The fraction of sp³-hybridized carbons (Fsp3) is 0.100. The molecule has 27 heavy (non-hydrogen) atoms. The van der Waals surface area contributed by atoms with Gasteiger partial charge in [0.15, 0.2) is 0 Å². The summed E-state index contributed by atoms with van der Waals surface area (Å²) in [6.45, 7) is 0. The number of nitriles is 1. The molecule has 1 atom stereocenters. The van der Waals surface area contributed by atoms with Gasteiger partial charge in [-0.25, -0.2) is 0 Å². The number of nitrogens with two attached hydrogens (primary N) is 1. The number of benzene rings is 2. The summed E-state index contributed by atoms with van der Waals surface area (Å²) in [6.07, 6.45) is 0. The minimum Gasteiger partial charge on any atom is -0.497 e. The highest BCUT2D eigenvalue weighted by Crippen LogP contribution is 2.46. The summed E-state index contributed by atoms with van der Waals surface area (Å²) in [5.74, 6) is 0.390. The maximum absolute atomic E-state index is 13.0. The average molecular weight is 441 g/mol. The number of allylic oxidation sites excluding steroid dienone is 1. The Morgan fingerprint density at radius 2 is 2.07 bits per heavy atom. The van der Waals surface area contributed by atoms with Crippen LogP contribution in [0, 0.1) is 11.3 Å². The van der Waals surface area contributed by atoms with Crippen molar-refractivity contribution in [3.8, 4) is 17.6 Å². The molecule has 0 fully saturated rings. The first-order valence-corrected chi connectivity index (χ1v) is 9.63. The smallest absolute Gasteiger partial charge is 0.240 e. The minimum atomic E-state index is -0.642. The lowest BCUT2D eigenvalue weighted by Crippen LogP contribution is -2.25. The third-order valence-electron chi connectivity index (χ3n) is 4.49. The zero-order valence-electron chi connectivity index (χ0n) is 14.2. The van der Waals surface area contributed by atoms with Gasteiger partial charge in [0.2, 0.25) is 10.6 Å². The molecular weight excluding hydrogens is 428 g/mol. The Labute approximate surface area is 167 Å². The van der Waals surface area contributed by atoms with Gasteiger partial charge in [-0.2, -0.15) is 5.26 Å². The third kappa shape index (κ3) is 2.78. The minimum absolute atomic E-state index is 0.00507. The number of halogens is 1. The molecule has 2 N–H and O–H groups in total. The number of ether oxygens (including phenoxy) is 2. The molecule has 2 heterocycles. The molecule has 0 spiro atoms. The molecule has 1 aromatic heterocycles. The zero-order valence-corrected chi connectivity index (χ0v) is 16.6. The number of methoxy groups -OCH3 is 1. The molecule has 0 bridgehead atoms. The van der Waals surface area contributed by atoms with Gasteiger partial charge in [-0.3, -0.25) is 4.79 Å². The topological polar surface area (TPSA) is 85.3 Å². The van der Waals surface area contributed by atoms with Crippen LogP contribution in [0.3, 0.4) is 0 Å². The fourth-order valence-electron chi connectivity index (χ4n) is 3.25. The van der Waals surface area contributed by atoms with Crippen LogP contribution < -0.4 is 19.9 Å². The van der Waals surface area contributed by atoms with Crippen molar-refractivity contribution in [3.05, 3.63) is 79.1 Å². The molecular formula is C20H13BrN2O3S. The van der Waals surface area contributed by atoms with Crippen LogP contribution in [0.25, 0.3) is 10.1 Å². The first-order chi connectivity index (χ1) is 13.0. The molecule has 4 rings (SSSR count). The normalized spacial score (nSPS) is 15.8. The van der Waals surface area contributed by atoms with Crippen molar-refractivity contribution < 1.29 is 9.47 Å². The fourth-order valence-corrected chi connectivity index (χ4v) is 4.66. The van der Waals surface area contributed by atoms with Crippen LogP contribution in [0.5, 0.6) is 11.5 Å². The molecule has 0 saturated heterocycles. The van der Waals surface area contributed by atoms with E-state index < -0.39 is 5.92 Å². The van der Waals surface area contributed by atoms with E-state index in [0.29, 0.717) is 17.1 Å². The van der Waals surface area contributed by atoms with Gasteiger partial charge < -0.3 is 15.2 Å². The Morgan fingerprint density at radius 3 is 2.81 bits per heavy atom. The van der Waals surface area contributed by atoms with Crippen molar-refractivity contribution in [1.82, 2.24) is 0 Å². The monoisotopic (exact) mass is 440 g/mol. The second-order valence-electron chi connectivity index (χ2n) is 5.94. The van der Waals surface area contributed by atoms with Gasteiger partial charge >= 0.3 is 0 Å². The number of rotatable bonds is 2. The Hall–Kier alpha value is -2.82. The van der Waals surface area contributed by atoms with Crippen molar-refractivity contribution in [2.45, 2.75) is 5.92 Å². The predicted octanol–water partition coefficient (Wildman–Crippen LogP) is 4.25. The Balaban J connectivity index is 2.10. The molecule has 0 amide bonds. The zero-order chi connectivity index (χ0) is 19.1. The second kappa shape index (κ2) is 6.72. The Kier molecular flexibility index (Phi) is 4.38. The average Bonchev–Trinajstić information content (AvgIpc) is 2.67. The van der Waals surface area contributed by atoms with Crippen LogP contribution in [-0.2, 0) is 0 Å². The van der Waals surface area contributed by atoms with E-state index in [1.165, 1.54) is 0 Å². The van der Waals surface area contributed by atoms with E-state index in [1.807, 2.05) is 30.3 Å². The SMILES string of the molecule is COc1ccc(Br)c([C@@H]2C(C#N)=C(N)Oc3c2c(=O)sc2ccccc32)c1. The van der Waals surface area contributed by atoms with Crippen LogP contribution in [0.15, 0.2) is 63.2 Å². The maximum atomic E-state index is 13.0. The molecule has 1 aliphatic rings. The van der Waals surface area contributed by atoms with Gasteiger partial charge in [-0.05, 0) is 35.9 Å². The number of hydrogen-bond acceptors (Lipinski definition) is 6. The van der Waals surface area contributed by atoms with Crippen LogP contribution in [0.4, 0.5) is 0 Å². The highest BCUT2D eigenvalue weighted by molar-refractivity contribution is 9.10. The lowest BCUT2D eigenvalue weighted by molar-refractivity contribution is 0.397. The summed E-state index contributed by atoms with van der Waals surface area (Å²) >= 11 is 4.66. The number of nitrogens with zero attached hydrogens (tertiary/aromatic N) is 1. The van der Waals surface area contributed by atoms with E-state index in [-0.39, 0.29) is 16.2 Å². The quantitative estimate of drug-likeness (QED) is 0.643. The van der Waals surface area contributed by atoms with Crippen LogP contribution in [0.1, 0.15) is 17.0 Å². The van der Waals surface area contributed by atoms with Crippen molar-refractivity contribution >= 4 is 37.4 Å². The third-order valence-corrected chi connectivity index (χ3v) is 6.19. The van der Waals surface area contributed by atoms with Crippen LogP contribution >= 0.6 is 27.3 Å². The first-order valence-electron chi connectivity index (χ1n) is 8.02. The maximum Gasteiger partial charge on any atom is 0.240 e. The van der Waals surface area contributed by atoms with Crippen molar-refractivity contribution in [3.63, 3.8) is 0 Å². The van der Waals surface area contributed by atoms with E-state index in [9.17, 15) is 10.1 Å². The molecule has 0 radical (unpaired) electrons. The van der Waals surface area contributed by atoms with E-state index >= 15 is 0 Å². The van der Waals surface area contributed by atoms with Gasteiger partial charge in [0.05, 0.1) is 18.6 Å². The van der Waals surface area contributed by atoms with E-state index in [4.69, 9.17) is 15.2 Å². The van der Waals surface area contributed by atoms with Crippen LogP contribution in [-0.4, -0.2) is 7.11 Å². The van der Waals surface area contributed by atoms with E-state index in [1.54, 1.807) is 19.2 Å². The van der Waals surface area contributed by atoms with Crippen molar-refractivity contribution in [2.24, 2.45) is 5.73 Å². The van der Waals surface area contributed by atoms with E-state index in [0.717, 1.165) is 31.5 Å². The summed E-state index contributed by atoms with van der Waals surface area (Å²) < 4.78 is 12.5. The summed E-state index contributed by atoms with van der Waals surface area (Å²) in [6, 6.07) is 15.0. The predicted molar refractivity (Wildman–Crippen MR) is 108 cm³/mol. The van der Waals surface area contributed by atoms with Crippen LogP contribution in [0.2, 0.25) is 0 Å². The van der Waals surface area contributed by atoms with Gasteiger partial charge in [0.25, 0.3) is 0 Å². The lowest BCUT2D eigenvalue weighted by atomic mass is 9.84. The van der Waals surface area contributed by atoms with Crippen molar-refractivity contribution in [1.29, 1.82) is 5.26 Å². The second-order valence-corrected chi connectivity index (χ2v) is 7.81.